The minimum absolute atomic E-state index is 0.153. The maximum absolute atomic E-state index is 12.6. The van der Waals surface area contributed by atoms with Crippen LogP contribution in [0.4, 0.5) is 0 Å². The Kier molecular flexibility index (Phi) is 6.93. The number of H-pyrrole nitrogens is 1. The number of hydrogen-bond acceptors (Lipinski definition) is 6. The van der Waals surface area contributed by atoms with Gasteiger partial charge >= 0.3 is 5.97 Å². The molecule has 0 fully saturated rings. The number of amides is 1. The SMILES string of the molecule is COc1cccc(C(=O)NCC(=O)OC(C)C(=O)c2[nH]c(C)c(C(C)=O)c2C)c1. The van der Waals surface area contributed by atoms with Crippen LogP contribution in [0.5, 0.6) is 5.75 Å². The lowest BCUT2D eigenvalue weighted by molar-refractivity contribution is -0.145. The molecule has 0 bridgehead atoms. The molecule has 8 nitrogen and oxygen atoms in total. The number of rotatable bonds is 8. The summed E-state index contributed by atoms with van der Waals surface area (Å²) < 4.78 is 10.2. The van der Waals surface area contributed by atoms with Gasteiger partial charge in [-0.2, -0.15) is 0 Å². The summed E-state index contributed by atoms with van der Waals surface area (Å²) in [6, 6.07) is 6.47. The molecule has 0 aliphatic rings. The van der Waals surface area contributed by atoms with Crippen molar-refractivity contribution in [2.75, 3.05) is 13.7 Å². The predicted octanol–water partition coefficient (Wildman–Crippen LogP) is 2.39. The van der Waals surface area contributed by atoms with Crippen LogP contribution in [0.1, 0.15) is 56.3 Å². The van der Waals surface area contributed by atoms with Gasteiger partial charge in [0.15, 0.2) is 11.9 Å². The quantitative estimate of drug-likeness (QED) is 0.519. The summed E-state index contributed by atoms with van der Waals surface area (Å²) in [6.45, 7) is 5.83. The Bertz CT molecular complexity index is 960. The molecule has 0 aliphatic heterocycles. The fourth-order valence-electron chi connectivity index (χ4n) is 3.04. The minimum atomic E-state index is -1.08. The zero-order valence-electron chi connectivity index (χ0n) is 17.0. The molecule has 1 aromatic carbocycles. The van der Waals surface area contributed by atoms with Gasteiger partial charge in [0, 0.05) is 16.8 Å². The third kappa shape index (κ3) is 5.10. The number of ether oxygens (including phenoxy) is 2. The van der Waals surface area contributed by atoms with E-state index in [1.54, 1.807) is 32.0 Å². The first-order valence-corrected chi connectivity index (χ1v) is 9.01. The second kappa shape index (κ2) is 9.18. The van der Waals surface area contributed by atoms with Gasteiger partial charge in [0.25, 0.3) is 5.91 Å². The Morgan fingerprint density at radius 1 is 1.17 bits per heavy atom. The van der Waals surface area contributed by atoms with Gasteiger partial charge in [-0.05, 0) is 51.5 Å². The van der Waals surface area contributed by atoms with Crippen LogP contribution in [0, 0.1) is 13.8 Å². The average Bonchev–Trinajstić information content (AvgIpc) is 2.99. The summed E-state index contributed by atoms with van der Waals surface area (Å²) in [5, 5.41) is 2.44. The Morgan fingerprint density at radius 3 is 2.45 bits per heavy atom. The van der Waals surface area contributed by atoms with E-state index in [1.807, 2.05) is 0 Å². The van der Waals surface area contributed by atoms with Crippen LogP contribution in [0.15, 0.2) is 24.3 Å². The van der Waals surface area contributed by atoms with Gasteiger partial charge < -0.3 is 19.8 Å². The number of Topliss-reactive ketones (excluding diaryl/α,β-unsaturated/α-hetero) is 2. The number of aryl methyl sites for hydroxylation is 1. The predicted molar refractivity (Wildman–Crippen MR) is 105 cm³/mol. The summed E-state index contributed by atoms with van der Waals surface area (Å²) in [4.78, 5) is 51.4. The molecule has 1 unspecified atom stereocenters. The molecule has 1 heterocycles. The van der Waals surface area contributed by atoms with Gasteiger partial charge in [-0.3, -0.25) is 19.2 Å². The molecule has 8 heteroatoms. The summed E-state index contributed by atoms with van der Waals surface area (Å²) in [6.07, 6.45) is -1.08. The van der Waals surface area contributed by atoms with E-state index in [9.17, 15) is 19.2 Å². The van der Waals surface area contributed by atoms with Crippen molar-refractivity contribution in [3.63, 3.8) is 0 Å². The van der Waals surface area contributed by atoms with Crippen LogP contribution in [0.3, 0.4) is 0 Å². The highest BCUT2D eigenvalue weighted by atomic mass is 16.5. The topological polar surface area (TPSA) is 115 Å². The second-order valence-corrected chi connectivity index (χ2v) is 6.59. The maximum Gasteiger partial charge on any atom is 0.326 e. The summed E-state index contributed by atoms with van der Waals surface area (Å²) in [5.41, 5.74) is 2.12. The normalized spacial score (nSPS) is 11.5. The lowest BCUT2D eigenvalue weighted by Gasteiger charge is -2.13. The van der Waals surface area contributed by atoms with E-state index in [4.69, 9.17) is 9.47 Å². The van der Waals surface area contributed by atoms with Crippen molar-refractivity contribution in [1.29, 1.82) is 0 Å². The van der Waals surface area contributed by atoms with Crippen molar-refractivity contribution in [1.82, 2.24) is 10.3 Å². The van der Waals surface area contributed by atoms with Crippen LogP contribution in [0.2, 0.25) is 0 Å². The molecule has 2 rings (SSSR count). The van der Waals surface area contributed by atoms with E-state index < -0.39 is 30.3 Å². The fraction of sp³-hybridized carbons (Fsp3) is 0.333. The molecular formula is C21H24N2O6. The van der Waals surface area contributed by atoms with Gasteiger partial charge in [-0.25, -0.2) is 0 Å². The highest BCUT2D eigenvalue weighted by Gasteiger charge is 2.26. The molecule has 2 N–H and O–H groups in total. The van der Waals surface area contributed by atoms with E-state index >= 15 is 0 Å². The molecule has 2 aromatic rings. The van der Waals surface area contributed by atoms with Gasteiger partial charge in [0.2, 0.25) is 5.78 Å². The van der Waals surface area contributed by atoms with Gasteiger partial charge in [0.1, 0.15) is 12.3 Å². The van der Waals surface area contributed by atoms with Gasteiger partial charge in [0.05, 0.1) is 12.8 Å². The smallest absolute Gasteiger partial charge is 0.326 e. The van der Waals surface area contributed by atoms with Crippen LogP contribution >= 0.6 is 0 Å². The molecular weight excluding hydrogens is 376 g/mol. The third-order valence-electron chi connectivity index (χ3n) is 4.44. The van der Waals surface area contributed by atoms with Crippen LogP contribution in [-0.4, -0.2) is 48.2 Å². The average molecular weight is 400 g/mol. The van der Waals surface area contributed by atoms with Gasteiger partial charge in [-0.15, -0.1) is 0 Å². The first-order chi connectivity index (χ1) is 13.6. The molecule has 154 valence electrons. The number of aromatic amines is 1. The van der Waals surface area contributed by atoms with E-state index in [0.29, 0.717) is 28.1 Å². The molecule has 0 saturated carbocycles. The summed E-state index contributed by atoms with van der Waals surface area (Å²) in [7, 11) is 1.49. The lowest BCUT2D eigenvalue weighted by Crippen LogP contribution is -2.34. The monoisotopic (exact) mass is 400 g/mol. The number of aromatic nitrogens is 1. The van der Waals surface area contributed by atoms with Crippen molar-refractivity contribution >= 4 is 23.4 Å². The lowest BCUT2D eigenvalue weighted by atomic mass is 10.0. The number of methoxy groups -OCH3 is 1. The molecule has 0 spiro atoms. The Hall–Kier alpha value is -3.42. The van der Waals surface area contributed by atoms with Crippen LogP contribution < -0.4 is 10.1 Å². The summed E-state index contributed by atoms with van der Waals surface area (Å²) >= 11 is 0. The standard InChI is InChI=1S/C21H24N2O6/c1-11-18(13(3)24)12(2)23-19(11)20(26)14(4)29-17(25)10-22-21(27)15-7-6-8-16(9-15)28-5/h6-9,14,23H,10H2,1-5H3,(H,22,27). The number of carbonyl (C=O) groups excluding carboxylic acids is 4. The fourth-order valence-corrected chi connectivity index (χ4v) is 3.04. The molecule has 1 atom stereocenters. The van der Waals surface area contributed by atoms with Crippen molar-refractivity contribution in [2.24, 2.45) is 0 Å². The molecule has 0 aliphatic carbocycles. The molecule has 1 amide bonds. The number of benzene rings is 1. The molecule has 0 radical (unpaired) electrons. The number of ketones is 2. The first kappa shape index (κ1) is 21.9. The van der Waals surface area contributed by atoms with Gasteiger partial charge in [-0.1, -0.05) is 6.07 Å². The highest BCUT2D eigenvalue weighted by Crippen LogP contribution is 2.20. The second-order valence-electron chi connectivity index (χ2n) is 6.59. The number of carbonyl (C=O) groups is 4. The van der Waals surface area contributed by atoms with Crippen molar-refractivity contribution in [3.8, 4) is 5.75 Å². The van der Waals surface area contributed by atoms with E-state index in [1.165, 1.54) is 27.0 Å². The molecule has 0 saturated heterocycles. The zero-order chi connectivity index (χ0) is 21.7. The molecule has 1 aromatic heterocycles. The third-order valence-corrected chi connectivity index (χ3v) is 4.44. The van der Waals surface area contributed by atoms with Crippen LogP contribution in [-0.2, 0) is 9.53 Å². The molecule has 29 heavy (non-hydrogen) atoms. The minimum Gasteiger partial charge on any atom is -0.497 e. The first-order valence-electron chi connectivity index (χ1n) is 9.01. The van der Waals surface area contributed by atoms with E-state index in [2.05, 4.69) is 10.3 Å². The van der Waals surface area contributed by atoms with Crippen LogP contribution in [0.25, 0.3) is 0 Å². The van der Waals surface area contributed by atoms with E-state index in [0.717, 1.165) is 0 Å². The number of hydrogen-bond donors (Lipinski definition) is 2. The van der Waals surface area contributed by atoms with E-state index in [-0.39, 0.29) is 11.5 Å². The number of esters is 1. The number of nitrogens with one attached hydrogen (secondary N) is 2. The van der Waals surface area contributed by atoms with Crippen molar-refractivity contribution in [2.45, 2.75) is 33.8 Å². The van der Waals surface area contributed by atoms with Crippen molar-refractivity contribution < 1.29 is 28.7 Å². The largest absolute Gasteiger partial charge is 0.497 e. The Balaban J connectivity index is 1.96. The zero-order valence-corrected chi connectivity index (χ0v) is 17.0. The maximum atomic E-state index is 12.6. The summed E-state index contributed by atoms with van der Waals surface area (Å²) in [5.74, 6) is -1.32. The Labute approximate surface area is 168 Å². The highest BCUT2D eigenvalue weighted by molar-refractivity contribution is 6.05. The Morgan fingerprint density at radius 2 is 1.86 bits per heavy atom. The van der Waals surface area contributed by atoms with Crippen molar-refractivity contribution in [3.05, 3.63) is 52.3 Å².